The lowest BCUT2D eigenvalue weighted by Crippen LogP contribution is -2.43. The van der Waals surface area contributed by atoms with E-state index in [0.29, 0.717) is 19.7 Å². The topological polar surface area (TPSA) is 108 Å². The summed E-state index contributed by atoms with van der Waals surface area (Å²) < 4.78 is 5.68. The van der Waals surface area contributed by atoms with Gasteiger partial charge in [-0.2, -0.15) is 0 Å². The van der Waals surface area contributed by atoms with Gasteiger partial charge in [-0.3, -0.25) is 29.6 Å². The van der Waals surface area contributed by atoms with E-state index in [2.05, 4.69) is 15.2 Å². The third-order valence-corrected chi connectivity index (χ3v) is 3.71. The predicted octanol–water partition coefficient (Wildman–Crippen LogP) is -0.399. The van der Waals surface area contributed by atoms with E-state index in [0.717, 1.165) is 11.6 Å². The number of aromatic amines is 2. The van der Waals surface area contributed by atoms with Crippen LogP contribution in [0.5, 0.6) is 0 Å². The number of aromatic nitrogens is 3. The fraction of sp³-hybridized carbons (Fsp3) is 0.333. The average Bonchev–Trinajstić information content (AvgIpc) is 2.59. The summed E-state index contributed by atoms with van der Waals surface area (Å²) in [6.45, 7) is 1.26. The van der Waals surface area contributed by atoms with Crippen LogP contribution in [0.1, 0.15) is 17.2 Å². The number of hydrogen-bond acceptors (Lipinski definition) is 5. The maximum Gasteiger partial charge on any atom is 0.266 e. The molecule has 8 heteroatoms. The van der Waals surface area contributed by atoms with Crippen LogP contribution in [0.25, 0.3) is 0 Å². The number of ether oxygens (including phenoxy) is 1. The van der Waals surface area contributed by atoms with Crippen molar-refractivity contribution >= 4 is 5.91 Å². The molecule has 2 N–H and O–H groups in total. The summed E-state index contributed by atoms with van der Waals surface area (Å²) in [5.74, 6) is -0.210. The van der Waals surface area contributed by atoms with Gasteiger partial charge in [-0.05, 0) is 6.07 Å². The maximum atomic E-state index is 12.4. The lowest BCUT2D eigenvalue weighted by atomic mass is 10.1. The van der Waals surface area contributed by atoms with Crippen molar-refractivity contribution in [3.63, 3.8) is 0 Å². The van der Waals surface area contributed by atoms with Gasteiger partial charge in [-0.25, -0.2) is 0 Å². The number of carbonyl (C=O) groups is 1. The Kier molecular flexibility index (Phi) is 4.33. The summed E-state index contributed by atoms with van der Waals surface area (Å²) in [5, 5.41) is 4.39. The summed E-state index contributed by atoms with van der Waals surface area (Å²) in [4.78, 5) is 41.0. The van der Waals surface area contributed by atoms with Crippen LogP contribution in [0.4, 0.5) is 0 Å². The summed E-state index contributed by atoms with van der Waals surface area (Å²) >= 11 is 0. The van der Waals surface area contributed by atoms with E-state index in [1.165, 1.54) is 0 Å². The third kappa shape index (κ3) is 3.54. The largest absolute Gasteiger partial charge is 0.370 e. The highest BCUT2D eigenvalue weighted by Gasteiger charge is 2.26. The minimum atomic E-state index is -0.463. The normalized spacial score (nSPS) is 17.9. The van der Waals surface area contributed by atoms with Crippen LogP contribution < -0.4 is 11.1 Å². The van der Waals surface area contributed by atoms with Crippen molar-refractivity contribution in [1.29, 1.82) is 0 Å². The Morgan fingerprint density at radius 3 is 3.04 bits per heavy atom. The molecule has 1 unspecified atom stereocenters. The molecule has 1 fully saturated rings. The average molecular weight is 316 g/mol. The molecule has 8 nitrogen and oxygen atoms in total. The first-order valence-electron chi connectivity index (χ1n) is 7.23. The lowest BCUT2D eigenvalue weighted by molar-refractivity contribution is -0.138. The molecule has 0 bridgehead atoms. The molecule has 1 aliphatic heterocycles. The minimum absolute atomic E-state index is 0.112. The van der Waals surface area contributed by atoms with E-state index in [4.69, 9.17) is 4.74 Å². The van der Waals surface area contributed by atoms with E-state index in [9.17, 15) is 14.4 Å². The van der Waals surface area contributed by atoms with E-state index >= 15 is 0 Å². The van der Waals surface area contributed by atoms with Crippen LogP contribution in [0.3, 0.4) is 0 Å². The maximum absolute atomic E-state index is 12.4. The number of pyridine rings is 1. The van der Waals surface area contributed by atoms with E-state index in [-0.39, 0.29) is 24.0 Å². The van der Waals surface area contributed by atoms with Crippen molar-refractivity contribution in [3.8, 4) is 0 Å². The number of morpholine rings is 1. The first kappa shape index (κ1) is 15.2. The molecule has 0 aromatic carbocycles. The van der Waals surface area contributed by atoms with Crippen LogP contribution in [-0.4, -0.2) is 45.7 Å². The first-order valence-corrected chi connectivity index (χ1v) is 7.23. The Labute approximate surface area is 131 Å². The second-order valence-corrected chi connectivity index (χ2v) is 5.28. The molecule has 3 heterocycles. The van der Waals surface area contributed by atoms with Gasteiger partial charge in [0.1, 0.15) is 6.10 Å². The Balaban J connectivity index is 1.71. The summed E-state index contributed by atoms with van der Waals surface area (Å²) in [5.41, 5.74) is 0.153. The molecular formula is C15H16N4O4. The molecule has 1 saturated heterocycles. The van der Waals surface area contributed by atoms with Crippen molar-refractivity contribution in [1.82, 2.24) is 20.1 Å². The van der Waals surface area contributed by atoms with Crippen molar-refractivity contribution < 1.29 is 9.53 Å². The molecule has 0 aliphatic carbocycles. The summed E-state index contributed by atoms with van der Waals surface area (Å²) in [6.07, 6.45) is 3.03. The van der Waals surface area contributed by atoms with Crippen molar-refractivity contribution in [2.45, 2.75) is 12.5 Å². The van der Waals surface area contributed by atoms with Crippen LogP contribution in [-0.2, 0) is 16.0 Å². The van der Waals surface area contributed by atoms with Gasteiger partial charge >= 0.3 is 0 Å². The molecule has 23 heavy (non-hydrogen) atoms. The standard InChI is InChI=1S/C15H16N4O4/c20-13-6-11(15(22)18-17-13)7-14(21)19-4-5-23-12(9-19)10-2-1-3-16-8-10/h1-3,6,8,12H,4-5,7,9H2,(H,17,20)(H,18,22). The smallest absolute Gasteiger partial charge is 0.266 e. The molecule has 1 atom stereocenters. The second-order valence-electron chi connectivity index (χ2n) is 5.28. The molecular weight excluding hydrogens is 300 g/mol. The fourth-order valence-corrected chi connectivity index (χ4v) is 2.51. The number of nitrogens with one attached hydrogen (secondary N) is 2. The SMILES string of the molecule is O=C(Cc1cc(=O)[nH][nH]c1=O)N1CCOC(c2cccnc2)C1. The second kappa shape index (κ2) is 6.57. The molecule has 2 aromatic heterocycles. The molecule has 1 amide bonds. The number of rotatable bonds is 3. The Morgan fingerprint density at radius 2 is 2.26 bits per heavy atom. The first-order chi connectivity index (χ1) is 11.1. The van der Waals surface area contributed by atoms with Crippen LogP contribution in [0.15, 0.2) is 40.2 Å². The zero-order valence-corrected chi connectivity index (χ0v) is 12.3. The number of carbonyl (C=O) groups excluding carboxylic acids is 1. The molecule has 0 saturated carbocycles. The Hall–Kier alpha value is -2.74. The van der Waals surface area contributed by atoms with Gasteiger partial charge in [0.2, 0.25) is 5.91 Å². The van der Waals surface area contributed by atoms with E-state index < -0.39 is 11.1 Å². The van der Waals surface area contributed by atoms with Gasteiger partial charge < -0.3 is 9.64 Å². The van der Waals surface area contributed by atoms with E-state index in [1.54, 1.807) is 17.3 Å². The molecule has 0 radical (unpaired) electrons. The fourth-order valence-electron chi connectivity index (χ4n) is 2.51. The number of nitrogens with zero attached hydrogens (tertiary/aromatic N) is 2. The number of hydrogen-bond donors (Lipinski definition) is 2. The predicted molar refractivity (Wildman–Crippen MR) is 80.9 cm³/mol. The summed E-state index contributed by atoms with van der Waals surface area (Å²) in [7, 11) is 0. The Bertz CT molecular complexity index is 799. The quantitative estimate of drug-likeness (QED) is 0.801. The van der Waals surface area contributed by atoms with Gasteiger partial charge in [0.25, 0.3) is 11.1 Å². The van der Waals surface area contributed by atoms with Crippen LogP contribution in [0.2, 0.25) is 0 Å². The highest BCUT2D eigenvalue weighted by molar-refractivity contribution is 5.78. The number of amides is 1. The van der Waals surface area contributed by atoms with E-state index in [1.807, 2.05) is 12.1 Å². The van der Waals surface area contributed by atoms with Crippen molar-refractivity contribution in [3.05, 3.63) is 62.4 Å². The van der Waals surface area contributed by atoms with Gasteiger partial charge in [0.15, 0.2) is 0 Å². The minimum Gasteiger partial charge on any atom is -0.370 e. The van der Waals surface area contributed by atoms with Crippen molar-refractivity contribution in [2.75, 3.05) is 19.7 Å². The van der Waals surface area contributed by atoms with Gasteiger partial charge in [-0.1, -0.05) is 6.07 Å². The highest BCUT2D eigenvalue weighted by atomic mass is 16.5. The molecule has 2 aromatic rings. The third-order valence-electron chi connectivity index (χ3n) is 3.71. The zero-order valence-electron chi connectivity index (χ0n) is 12.3. The monoisotopic (exact) mass is 316 g/mol. The molecule has 3 rings (SSSR count). The molecule has 120 valence electrons. The zero-order chi connectivity index (χ0) is 16.2. The van der Waals surface area contributed by atoms with Gasteiger partial charge in [0.05, 0.1) is 19.6 Å². The van der Waals surface area contributed by atoms with Crippen LogP contribution in [0, 0.1) is 0 Å². The highest BCUT2D eigenvalue weighted by Crippen LogP contribution is 2.21. The van der Waals surface area contributed by atoms with Crippen molar-refractivity contribution in [2.24, 2.45) is 0 Å². The molecule has 0 spiro atoms. The molecule has 1 aliphatic rings. The van der Waals surface area contributed by atoms with Crippen LogP contribution >= 0.6 is 0 Å². The summed E-state index contributed by atoms with van der Waals surface area (Å²) in [6, 6.07) is 4.86. The van der Waals surface area contributed by atoms with Gasteiger partial charge in [-0.15, -0.1) is 0 Å². The van der Waals surface area contributed by atoms with Gasteiger partial charge in [0, 0.05) is 36.1 Å². The number of H-pyrrole nitrogens is 2. The Morgan fingerprint density at radius 1 is 1.39 bits per heavy atom. The lowest BCUT2D eigenvalue weighted by Gasteiger charge is -2.33.